The summed E-state index contributed by atoms with van der Waals surface area (Å²) in [6.45, 7) is 4.15. The van der Waals surface area contributed by atoms with E-state index in [2.05, 4.69) is 22.2 Å². The molecule has 29 heavy (non-hydrogen) atoms. The van der Waals surface area contributed by atoms with Gasteiger partial charge in [0.2, 0.25) is 10.0 Å². The Labute approximate surface area is 172 Å². The number of fused-ring (bicyclic) bond motifs is 1. The average Bonchev–Trinajstić information content (AvgIpc) is 2.71. The number of hydrogen-bond acceptors (Lipinski definition) is 4. The van der Waals surface area contributed by atoms with Gasteiger partial charge in [-0.2, -0.15) is 0 Å². The zero-order valence-corrected chi connectivity index (χ0v) is 17.7. The molecule has 1 amide bonds. The topological polar surface area (TPSA) is 84.5 Å². The Hall–Kier alpha value is -2.38. The Morgan fingerprint density at radius 3 is 2.59 bits per heavy atom. The highest BCUT2D eigenvalue weighted by Crippen LogP contribution is 2.29. The van der Waals surface area contributed by atoms with E-state index in [9.17, 15) is 13.2 Å². The highest BCUT2D eigenvalue weighted by Gasteiger charge is 2.21. The smallest absolute Gasteiger partial charge is 0.258 e. The van der Waals surface area contributed by atoms with E-state index in [-0.39, 0.29) is 29.4 Å². The minimum Gasteiger partial charge on any atom is -0.484 e. The zero-order valence-electron chi connectivity index (χ0n) is 16.9. The first kappa shape index (κ1) is 21.3. The number of amides is 1. The number of carbonyl (C=O) groups is 1. The van der Waals surface area contributed by atoms with Crippen molar-refractivity contribution in [3.8, 4) is 5.75 Å². The number of carbonyl (C=O) groups excluding carboxylic acids is 1. The lowest BCUT2D eigenvalue weighted by molar-refractivity contribution is -0.124. The summed E-state index contributed by atoms with van der Waals surface area (Å²) in [6, 6.07) is 14.3. The standard InChI is InChI=1S/C22H28N2O4S/c1-16(2)14-23-29(26,27)19-12-10-18(11-13-19)28-15-22(25)24-21-9-5-7-17-6-3-4-8-20(17)21/h3-4,6,8,10-13,16,21,23H,5,7,9,14-15H2,1-2H3,(H,24,25)/t21-/m0/s1. The molecule has 0 saturated heterocycles. The Balaban J connectivity index is 1.53. The third-order valence-corrected chi connectivity index (χ3v) is 6.33. The summed E-state index contributed by atoms with van der Waals surface area (Å²) in [5, 5.41) is 3.04. The number of rotatable bonds is 8. The van der Waals surface area contributed by atoms with E-state index >= 15 is 0 Å². The minimum absolute atomic E-state index is 0.00982. The van der Waals surface area contributed by atoms with Crippen LogP contribution in [0.25, 0.3) is 0 Å². The van der Waals surface area contributed by atoms with Crippen molar-refractivity contribution < 1.29 is 17.9 Å². The fraction of sp³-hybridized carbons (Fsp3) is 0.409. The number of hydrogen-bond donors (Lipinski definition) is 2. The van der Waals surface area contributed by atoms with Crippen LogP contribution in [0.2, 0.25) is 0 Å². The van der Waals surface area contributed by atoms with Crippen LogP contribution in [0, 0.1) is 5.92 Å². The van der Waals surface area contributed by atoms with Crippen LogP contribution < -0.4 is 14.8 Å². The van der Waals surface area contributed by atoms with Gasteiger partial charge in [-0.25, -0.2) is 13.1 Å². The van der Waals surface area contributed by atoms with Crippen LogP contribution in [0.4, 0.5) is 0 Å². The number of ether oxygens (including phenoxy) is 1. The Morgan fingerprint density at radius 2 is 1.86 bits per heavy atom. The third kappa shape index (κ3) is 5.81. The maximum atomic E-state index is 12.3. The van der Waals surface area contributed by atoms with Gasteiger partial charge >= 0.3 is 0 Å². The molecule has 0 fully saturated rings. The van der Waals surface area contributed by atoms with Crippen molar-refractivity contribution in [2.45, 2.75) is 44.0 Å². The zero-order chi connectivity index (χ0) is 20.9. The molecule has 0 aromatic heterocycles. The highest BCUT2D eigenvalue weighted by atomic mass is 32.2. The molecule has 1 atom stereocenters. The maximum Gasteiger partial charge on any atom is 0.258 e. The van der Waals surface area contributed by atoms with Crippen LogP contribution in [0.15, 0.2) is 53.4 Å². The van der Waals surface area contributed by atoms with Crippen LogP contribution in [-0.4, -0.2) is 27.5 Å². The van der Waals surface area contributed by atoms with Crippen molar-refractivity contribution >= 4 is 15.9 Å². The summed E-state index contributed by atoms with van der Waals surface area (Å²) in [7, 11) is -3.54. The lowest BCUT2D eigenvalue weighted by atomic mass is 9.88. The van der Waals surface area contributed by atoms with E-state index in [0.717, 1.165) is 19.3 Å². The predicted octanol–water partition coefficient (Wildman–Crippen LogP) is 3.19. The molecule has 156 valence electrons. The van der Waals surface area contributed by atoms with E-state index in [1.54, 1.807) is 12.1 Å². The van der Waals surface area contributed by atoms with Gasteiger partial charge in [0.25, 0.3) is 5.91 Å². The molecule has 0 aliphatic heterocycles. The van der Waals surface area contributed by atoms with Gasteiger partial charge in [0, 0.05) is 6.54 Å². The largest absolute Gasteiger partial charge is 0.484 e. The van der Waals surface area contributed by atoms with Gasteiger partial charge in [-0.15, -0.1) is 0 Å². The molecule has 7 heteroatoms. The monoisotopic (exact) mass is 416 g/mol. The molecule has 0 heterocycles. The average molecular weight is 417 g/mol. The molecule has 0 radical (unpaired) electrons. The van der Waals surface area contributed by atoms with Crippen LogP contribution in [0.5, 0.6) is 5.75 Å². The molecule has 0 bridgehead atoms. The molecular formula is C22H28N2O4S. The lowest BCUT2D eigenvalue weighted by Gasteiger charge is -2.26. The summed E-state index contributed by atoms with van der Waals surface area (Å²) in [5.41, 5.74) is 2.46. The fourth-order valence-electron chi connectivity index (χ4n) is 3.36. The lowest BCUT2D eigenvalue weighted by Crippen LogP contribution is -2.34. The quantitative estimate of drug-likeness (QED) is 0.692. The summed E-state index contributed by atoms with van der Waals surface area (Å²) in [6.07, 6.45) is 3.00. The van der Waals surface area contributed by atoms with E-state index in [4.69, 9.17) is 4.74 Å². The second-order valence-electron chi connectivity index (χ2n) is 7.72. The van der Waals surface area contributed by atoms with Gasteiger partial charge in [-0.3, -0.25) is 4.79 Å². The molecule has 0 spiro atoms. The molecule has 2 N–H and O–H groups in total. The van der Waals surface area contributed by atoms with Crippen LogP contribution in [0.3, 0.4) is 0 Å². The molecule has 6 nitrogen and oxygen atoms in total. The van der Waals surface area contributed by atoms with E-state index in [0.29, 0.717) is 12.3 Å². The number of benzene rings is 2. The molecule has 0 saturated carbocycles. The number of nitrogens with one attached hydrogen (secondary N) is 2. The molecule has 1 aliphatic carbocycles. The van der Waals surface area contributed by atoms with Crippen molar-refractivity contribution in [1.29, 1.82) is 0 Å². The second kappa shape index (κ2) is 9.41. The molecule has 0 unspecified atom stereocenters. The normalized spacial score (nSPS) is 16.3. The van der Waals surface area contributed by atoms with Gasteiger partial charge in [0.05, 0.1) is 10.9 Å². The summed E-state index contributed by atoms with van der Waals surface area (Å²) in [5.74, 6) is 0.482. The number of aryl methyl sites for hydroxylation is 1. The van der Waals surface area contributed by atoms with Crippen molar-refractivity contribution in [1.82, 2.24) is 10.0 Å². The van der Waals surface area contributed by atoms with Gasteiger partial charge in [-0.05, 0) is 60.6 Å². The summed E-state index contributed by atoms with van der Waals surface area (Å²) in [4.78, 5) is 12.5. The summed E-state index contributed by atoms with van der Waals surface area (Å²) < 4.78 is 32.5. The minimum atomic E-state index is -3.54. The first-order valence-corrected chi connectivity index (χ1v) is 11.4. The third-order valence-electron chi connectivity index (χ3n) is 4.89. The Kier molecular flexibility index (Phi) is 6.92. The van der Waals surface area contributed by atoms with Crippen molar-refractivity contribution in [3.63, 3.8) is 0 Å². The van der Waals surface area contributed by atoms with Gasteiger partial charge < -0.3 is 10.1 Å². The molecular weight excluding hydrogens is 388 g/mol. The van der Waals surface area contributed by atoms with Gasteiger partial charge in [0.15, 0.2) is 6.61 Å². The van der Waals surface area contributed by atoms with E-state index in [1.165, 1.54) is 23.3 Å². The Morgan fingerprint density at radius 1 is 1.14 bits per heavy atom. The molecule has 2 aromatic rings. The fourth-order valence-corrected chi connectivity index (χ4v) is 4.58. The first-order chi connectivity index (χ1) is 13.8. The number of sulfonamides is 1. The van der Waals surface area contributed by atoms with E-state index < -0.39 is 10.0 Å². The Bertz CT molecular complexity index is 940. The molecule has 2 aromatic carbocycles. The first-order valence-electron chi connectivity index (χ1n) is 9.95. The van der Waals surface area contributed by atoms with Crippen LogP contribution >= 0.6 is 0 Å². The van der Waals surface area contributed by atoms with Crippen LogP contribution in [0.1, 0.15) is 43.9 Å². The van der Waals surface area contributed by atoms with Crippen LogP contribution in [-0.2, 0) is 21.2 Å². The molecule has 1 aliphatic rings. The predicted molar refractivity (Wildman–Crippen MR) is 112 cm³/mol. The molecule has 3 rings (SSSR count). The van der Waals surface area contributed by atoms with Crippen molar-refractivity contribution in [3.05, 3.63) is 59.7 Å². The van der Waals surface area contributed by atoms with E-state index in [1.807, 2.05) is 26.0 Å². The maximum absolute atomic E-state index is 12.3. The summed E-state index contributed by atoms with van der Waals surface area (Å²) >= 11 is 0. The van der Waals surface area contributed by atoms with Crippen molar-refractivity contribution in [2.75, 3.05) is 13.2 Å². The highest BCUT2D eigenvalue weighted by molar-refractivity contribution is 7.89. The van der Waals surface area contributed by atoms with Gasteiger partial charge in [0.1, 0.15) is 5.75 Å². The van der Waals surface area contributed by atoms with Gasteiger partial charge in [-0.1, -0.05) is 38.1 Å². The van der Waals surface area contributed by atoms with Crippen molar-refractivity contribution in [2.24, 2.45) is 5.92 Å². The SMILES string of the molecule is CC(C)CNS(=O)(=O)c1ccc(OCC(=O)N[C@H]2CCCc3ccccc32)cc1. The second-order valence-corrected chi connectivity index (χ2v) is 9.48.